The molecular weight excluding hydrogens is 584 g/mol. The van der Waals surface area contributed by atoms with Crippen LogP contribution >= 0.6 is 0 Å². The van der Waals surface area contributed by atoms with Gasteiger partial charge in [-0.2, -0.15) is 0 Å². The average molecular weight is 623 g/mol. The van der Waals surface area contributed by atoms with Gasteiger partial charge < -0.3 is 35.6 Å². The topological polar surface area (TPSA) is 201 Å². The fourth-order valence-electron chi connectivity index (χ4n) is 4.49. The summed E-state index contributed by atoms with van der Waals surface area (Å²) in [5, 5.41) is 43.6. The maximum Gasteiger partial charge on any atom is 0.332 e. The van der Waals surface area contributed by atoms with Crippen LogP contribution in [0.1, 0.15) is 37.2 Å². The molecule has 0 aliphatic carbocycles. The van der Waals surface area contributed by atoms with E-state index < -0.39 is 35.8 Å². The molecule has 0 aliphatic rings. The Bertz CT molecular complexity index is 1740. The van der Waals surface area contributed by atoms with Crippen LogP contribution in [0.3, 0.4) is 0 Å². The molecule has 0 saturated heterocycles. The molecule has 4 unspecified atom stereocenters. The van der Waals surface area contributed by atoms with E-state index in [4.69, 9.17) is 10.2 Å². The molecule has 4 atom stereocenters. The number of carbonyl (C=O) groups excluding carboxylic acids is 1. The summed E-state index contributed by atoms with van der Waals surface area (Å²) in [6, 6.07) is 14.6. The van der Waals surface area contributed by atoms with Crippen LogP contribution in [0.15, 0.2) is 82.7 Å². The number of aliphatic carboxylic acids is 1. The van der Waals surface area contributed by atoms with Crippen molar-refractivity contribution < 1.29 is 30.0 Å². The number of aryl methyl sites for hydroxylation is 1. The molecule has 1 amide bonds. The summed E-state index contributed by atoms with van der Waals surface area (Å²) in [6.45, 7) is 4.54. The van der Waals surface area contributed by atoms with E-state index in [-0.39, 0.29) is 17.4 Å². The average Bonchev–Trinajstić information content (AvgIpc) is 3.46. The Balaban J connectivity index is 0.000000259. The number of imidazole rings is 1. The van der Waals surface area contributed by atoms with Gasteiger partial charge in [-0.15, -0.1) is 0 Å². The maximum absolute atomic E-state index is 12.4. The molecular formula is C31H38N6O8. The van der Waals surface area contributed by atoms with Crippen molar-refractivity contribution in [3.05, 3.63) is 105 Å². The number of hydrogen-bond donors (Lipinski definition) is 6. The lowest BCUT2D eigenvalue weighted by atomic mass is 10.0. The number of nitrogens with zero attached hydrogens (tertiary/aromatic N) is 4. The lowest BCUT2D eigenvalue weighted by Gasteiger charge is -2.20. The SMILES string of the molecule is CC(NC(=O)/C=C/C(=O)O)C(O)c1ccc(O)cc1.CC(NCCn1cnc2c1c(=O)n(C)c(=O)n2C)C(O)c1ccccc1. The van der Waals surface area contributed by atoms with Crippen molar-refractivity contribution in [2.45, 2.75) is 44.7 Å². The number of nitrogens with one attached hydrogen (secondary N) is 2. The second-order valence-corrected chi connectivity index (χ2v) is 10.4. The number of amides is 1. The van der Waals surface area contributed by atoms with Crippen LogP contribution in [0.25, 0.3) is 11.2 Å². The number of hydrogen-bond acceptors (Lipinski definition) is 9. The fourth-order valence-corrected chi connectivity index (χ4v) is 4.49. The molecule has 240 valence electrons. The number of carboxylic acids is 1. The molecule has 2 aromatic heterocycles. The Labute approximate surface area is 258 Å². The minimum Gasteiger partial charge on any atom is -0.508 e. The van der Waals surface area contributed by atoms with Gasteiger partial charge in [0, 0.05) is 45.4 Å². The molecule has 14 nitrogen and oxygen atoms in total. The predicted molar refractivity (Wildman–Crippen MR) is 167 cm³/mol. The zero-order valence-corrected chi connectivity index (χ0v) is 25.4. The van der Waals surface area contributed by atoms with Crippen molar-refractivity contribution >= 4 is 23.0 Å². The Hall–Kier alpha value is -5.05. The highest BCUT2D eigenvalue weighted by atomic mass is 16.4. The molecule has 0 aliphatic heterocycles. The van der Waals surface area contributed by atoms with Gasteiger partial charge in [0.15, 0.2) is 11.2 Å². The van der Waals surface area contributed by atoms with Gasteiger partial charge in [0.2, 0.25) is 5.91 Å². The Morgan fingerprint density at radius 3 is 2.11 bits per heavy atom. The number of aliphatic hydroxyl groups is 2. The normalized spacial score (nSPS) is 13.9. The van der Waals surface area contributed by atoms with Crippen LogP contribution < -0.4 is 21.9 Å². The van der Waals surface area contributed by atoms with E-state index in [9.17, 15) is 29.4 Å². The number of fused-ring (bicyclic) bond motifs is 1. The van der Waals surface area contributed by atoms with Gasteiger partial charge in [-0.25, -0.2) is 14.6 Å². The number of benzene rings is 2. The zero-order valence-electron chi connectivity index (χ0n) is 25.4. The monoisotopic (exact) mass is 622 g/mol. The van der Waals surface area contributed by atoms with Crippen molar-refractivity contribution in [1.29, 1.82) is 0 Å². The molecule has 4 rings (SSSR count). The molecule has 4 aromatic rings. The van der Waals surface area contributed by atoms with Crippen molar-refractivity contribution in [3.8, 4) is 5.75 Å². The number of carbonyl (C=O) groups is 2. The molecule has 0 bridgehead atoms. The van der Waals surface area contributed by atoms with Gasteiger partial charge in [-0.3, -0.25) is 18.7 Å². The van der Waals surface area contributed by atoms with E-state index in [2.05, 4.69) is 15.6 Å². The van der Waals surface area contributed by atoms with E-state index in [0.29, 0.717) is 29.8 Å². The van der Waals surface area contributed by atoms with Gasteiger partial charge in [0.1, 0.15) is 5.75 Å². The summed E-state index contributed by atoms with van der Waals surface area (Å²) >= 11 is 0. The Morgan fingerprint density at radius 2 is 1.49 bits per heavy atom. The second-order valence-electron chi connectivity index (χ2n) is 10.4. The summed E-state index contributed by atoms with van der Waals surface area (Å²) in [5.74, 6) is -1.74. The molecule has 2 heterocycles. The summed E-state index contributed by atoms with van der Waals surface area (Å²) in [5.41, 5.74) is 1.39. The van der Waals surface area contributed by atoms with Crippen LogP contribution in [0, 0.1) is 0 Å². The summed E-state index contributed by atoms with van der Waals surface area (Å²) in [7, 11) is 3.05. The van der Waals surface area contributed by atoms with Gasteiger partial charge in [-0.1, -0.05) is 42.5 Å². The van der Waals surface area contributed by atoms with Gasteiger partial charge in [0.25, 0.3) is 5.56 Å². The van der Waals surface area contributed by atoms with Crippen LogP contribution in [-0.4, -0.2) is 69.6 Å². The minimum atomic E-state index is -1.22. The molecule has 14 heteroatoms. The standard InChI is InChI=1S/C18H23N5O3.C13H15NO5/c1-12(15(24)13-7-5-4-6-8-13)19-9-10-23-11-20-16-14(23)17(25)22(3)18(26)21(16)2;1-8(14-11(16)6-7-12(17)18)13(19)9-2-4-10(15)5-3-9/h4-8,11-12,15,19,24H,9-10H2,1-3H3;2-8,13,15,19H,1H3,(H,14,16)(H,17,18)/b;7-6+. The van der Waals surface area contributed by atoms with Crippen LogP contribution in [-0.2, 0) is 30.2 Å². The number of aromatic nitrogens is 4. The second kappa shape index (κ2) is 15.6. The number of aromatic hydroxyl groups is 1. The quantitative estimate of drug-likeness (QED) is 0.129. The highest BCUT2D eigenvalue weighted by Gasteiger charge is 2.18. The zero-order chi connectivity index (χ0) is 33.3. The number of phenolic OH excluding ortho intramolecular Hbond substituents is 1. The van der Waals surface area contributed by atoms with Gasteiger partial charge >= 0.3 is 11.7 Å². The molecule has 0 fully saturated rings. The van der Waals surface area contributed by atoms with Gasteiger partial charge in [-0.05, 0) is 37.1 Å². The molecule has 0 spiro atoms. The lowest BCUT2D eigenvalue weighted by molar-refractivity contribution is -0.131. The highest BCUT2D eigenvalue weighted by Crippen LogP contribution is 2.19. The third-order valence-electron chi connectivity index (χ3n) is 7.11. The van der Waals surface area contributed by atoms with Crippen LogP contribution in [0.4, 0.5) is 0 Å². The van der Waals surface area contributed by atoms with E-state index in [0.717, 1.165) is 22.3 Å². The molecule has 0 saturated carbocycles. The summed E-state index contributed by atoms with van der Waals surface area (Å²) in [6.07, 6.45) is 1.58. The van der Waals surface area contributed by atoms with Crippen molar-refractivity contribution in [2.75, 3.05) is 6.54 Å². The number of aliphatic hydroxyl groups excluding tert-OH is 2. The Morgan fingerprint density at radius 1 is 0.889 bits per heavy atom. The molecule has 2 aromatic carbocycles. The molecule has 0 radical (unpaired) electrons. The van der Waals surface area contributed by atoms with Crippen LogP contribution in [0.2, 0.25) is 0 Å². The fraction of sp³-hybridized carbons (Fsp3) is 0.323. The van der Waals surface area contributed by atoms with E-state index in [1.807, 2.05) is 37.3 Å². The summed E-state index contributed by atoms with van der Waals surface area (Å²) < 4.78 is 4.17. The van der Waals surface area contributed by atoms with Crippen molar-refractivity contribution in [2.24, 2.45) is 14.1 Å². The predicted octanol–water partition coefficient (Wildman–Crippen LogP) is 0.717. The van der Waals surface area contributed by atoms with Crippen molar-refractivity contribution in [3.63, 3.8) is 0 Å². The number of rotatable bonds is 11. The van der Waals surface area contributed by atoms with E-state index in [1.54, 1.807) is 24.9 Å². The van der Waals surface area contributed by atoms with Gasteiger partial charge in [0.05, 0.1) is 24.6 Å². The third kappa shape index (κ3) is 8.98. The largest absolute Gasteiger partial charge is 0.508 e. The van der Waals surface area contributed by atoms with E-state index in [1.165, 1.54) is 35.9 Å². The number of phenols is 1. The lowest BCUT2D eigenvalue weighted by Crippen LogP contribution is -2.38. The first kappa shape index (κ1) is 34.4. The molecule has 6 N–H and O–H groups in total. The first-order valence-corrected chi connectivity index (χ1v) is 14.1. The summed E-state index contributed by atoms with van der Waals surface area (Å²) in [4.78, 5) is 50.1. The first-order chi connectivity index (χ1) is 21.3. The number of carboxylic acid groups (broad SMARTS) is 1. The maximum atomic E-state index is 12.4. The van der Waals surface area contributed by atoms with Crippen molar-refractivity contribution in [1.82, 2.24) is 29.3 Å². The van der Waals surface area contributed by atoms with Crippen LogP contribution in [0.5, 0.6) is 5.75 Å². The third-order valence-corrected chi connectivity index (χ3v) is 7.11. The Kier molecular flexibility index (Phi) is 11.9. The smallest absolute Gasteiger partial charge is 0.332 e. The molecule has 45 heavy (non-hydrogen) atoms. The van der Waals surface area contributed by atoms with E-state index >= 15 is 0 Å². The first-order valence-electron chi connectivity index (χ1n) is 14.1. The highest BCUT2D eigenvalue weighted by molar-refractivity contribution is 5.94. The minimum absolute atomic E-state index is 0.0806.